The second kappa shape index (κ2) is 8.78. The molecule has 0 saturated carbocycles. The minimum Gasteiger partial charge on any atom is -0.457 e. The number of para-hydroxylation sites is 1. The van der Waals surface area contributed by atoms with Gasteiger partial charge in [0.1, 0.15) is 11.5 Å². The van der Waals surface area contributed by atoms with Gasteiger partial charge in [-0.1, -0.05) is 48.5 Å². The molecule has 0 atom stereocenters. The van der Waals surface area contributed by atoms with Crippen molar-refractivity contribution in [2.75, 3.05) is 0 Å². The van der Waals surface area contributed by atoms with Gasteiger partial charge in [-0.15, -0.1) is 0 Å². The largest absolute Gasteiger partial charge is 0.457 e. The van der Waals surface area contributed by atoms with Gasteiger partial charge in [-0.05, 0) is 54.2 Å². The predicted octanol–water partition coefficient (Wildman–Crippen LogP) is 4.28. The third-order valence-corrected chi connectivity index (χ3v) is 3.84. The van der Waals surface area contributed by atoms with Crippen molar-refractivity contribution in [2.45, 2.75) is 6.54 Å². The quantitative estimate of drug-likeness (QED) is 0.665. The number of carbonyl (C=O) groups excluding carboxylic acids is 1. The van der Waals surface area contributed by atoms with E-state index in [4.69, 9.17) is 17.0 Å². The van der Waals surface area contributed by atoms with E-state index in [-0.39, 0.29) is 11.0 Å². The summed E-state index contributed by atoms with van der Waals surface area (Å²) in [5.41, 5.74) is 1.56. The molecule has 0 aromatic heterocycles. The average Bonchev–Trinajstić information content (AvgIpc) is 2.68. The maximum Gasteiger partial charge on any atom is 0.257 e. The van der Waals surface area contributed by atoms with Crippen molar-refractivity contribution in [1.82, 2.24) is 10.6 Å². The van der Waals surface area contributed by atoms with Crippen LogP contribution in [0.1, 0.15) is 15.9 Å². The Hall–Kier alpha value is -3.18. The number of hydrogen-bond donors (Lipinski definition) is 2. The number of carbonyl (C=O) groups is 1. The number of thiocarbonyl (C=S) groups is 1. The van der Waals surface area contributed by atoms with Crippen LogP contribution in [0.5, 0.6) is 11.5 Å². The van der Waals surface area contributed by atoms with Crippen molar-refractivity contribution in [3.05, 3.63) is 96.1 Å². The first kappa shape index (κ1) is 17.6. The van der Waals surface area contributed by atoms with Crippen molar-refractivity contribution < 1.29 is 9.53 Å². The molecular weight excluding hydrogens is 344 g/mol. The number of benzene rings is 3. The molecule has 0 aliphatic rings. The highest BCUT2D eigenvalue weighted by Gasteiger charge is 2.07. The number of nitrogens with one attached hydrogen (secondary N) is 2. The summed E-state index contributed by atoms with van der Waals surface area (Å²) in [6, 6.07) is 26.3. The van der Waals surface area contributed by atoms with Crippen LogP contribution in [0.2, 0.25) is 0 Å². The van der Waals surface area contributed by atoms with Gasteiger partial charge in [-0.3, -0.25) is 10.1 Å². The Morgan fingerprint density at radius 2 is 1.50 bits per heavy atom. The highest BCUT2D eigenvalue weighted by atomic mass is 32.1. The van der Waals surface area contributed by atoms with E-state index < -0.39 is 0 Å². The molecule has 0 spiro atoms. The average molecular weight is 362 g/mol. The lowest BCUT2D eigenvalue weighted by molar-refractivity contribution is 0.0976. The van der Waals surface area contributed by atoms with Gasteiger partial charge < -0.3 is 10.1 Å². The second-order valence-electron chi connectivity index (χ2n) is 5.57. The molecule has 130 valence electrons. The van der Waals surface area contributed by atoms with Crippen molar-refractivity contribution in [1.29, 1.82) is 0 Å². The summed E-state index contributed by atoms with van der Waals surface area (Å²) in [5, 5.41) is 5.99. The molecule has 0 heterocycles. The summed E-state index contributed by atoms with van der Waals surface area (Å²) in [7, 11) is 0. The standard InChI is InChI=1S/C21H18N2O2S/c24-20(17-9-3-1-4-10-17)23-21(26)22-15-16-8-7-13-19(14-16)25-18-11-5-2-6-12-18/h1-14H,15H2,(H2,22,23,24,26). The number of ether oxygens (including phenoxy) is 1. The van der Waals surface area contributed by atoms with Crippen LogP contribution in [-0.2, 0) is 6.54 Å². The Morgan fingerprint density at radius 1 is 0.846 bits per heavy atom. The first-order valence-electron chi connectivity index (χ1n) is 8.17. The first-order chi connectivity index (χ1) is 12.7. The highest BCUT2D eigenvalue weighted by Crippen LogP contribution is 2.21. The second-order valence-corrected chi connectivity index (χ2v) is 5.97. The van der Waals surface area contributed by atoms with Crippen LogP contribution in [0.4, 0.5) is 0 Å². The van der Waals surface area contributed by atoms with Crippen molar-refractivity contribution >= 4 is 23.2 Å². The molecule has 4 nitrogen and oxygen atoms in total. The molecule has 1 amide bonds. The van der Waals surface area contributed by atoms with Gasteiger partial charge in [0.25, 0.3) is 5.91 Å². The first-order valence-corrected chi connectivity index (χ1v) is 8.57. The van der Waals surface area contributed by atoms with Crippen LogP contribution in [0, 0.1) is 0 Å². The summed E-state index contributed by atoms with van der Waals surface area (Å²) in [4.78, 5) is 12.1. The minimum atomic E-state index is -0.232. The molecule has 0 aliphatic heterocycles. The summed E-state index contributed by atoms with van der Waals surface area (Å²) >= 11 is 5.19. The summed E-state index contributed by atoms with van der Waals surface area (Å²) < 4.78 is 5.82. The van der Waals surface area contributed by atoms with Gasteiger partial charge in [0.2, 0.25) is 0 Å². The molecule has 0 saturated heterocycles. The van der Waals surface area contributed by atoms with E-state index in [1.165, 1.54) is 0 Å². The van der Waals surface area contributed by atoms with Gasteiger partial charge in [-0.25, -0.2) is 0 Å². The maximum absolute atomic E-state index is 12.1. The SMILES string of the molecule is O=C(NC(=S)NCc1cccc(Oc2ccccc2)c1)c1ccccc1. The van der Waals surface area contributed by atoms with Gasteiger partial charge in [0.05, 0.1) is 0 Å². The molecule has 0 fully saturated rings. The van der Waals surface area contributed by atoms with E-state index in [1.807, 2.05) is 72.8 Å². The predicted molar refractivity (Wildman–Crippen MR) is 106 cm³/mol. The van der Waals surface area contributed by atoms with Crippen LogP contribution in [0.25, 0.3) is 0 Å². The van der Waals surface area contributed by atoms with Gasteiger partial charge in [-0.2, -0.15) is 0 Å². The molecular formula is C21H18N2O2S. The van der Waals surface area contributed by atoms with Crippen LogP contribution in [0.3, 0.4) is 0 Å². The summed E-state index contributed by atoms with van der Waals surface area (Å²) in [6.07, 6.45) is 0. The summed E-state index contributed by atoms with van der Waals surface area (Å²) in [6.45, 7) is 0.486. The van der Waals surface area contributed by atoms with Crippen molar-refractivity contribution in [2.24, 2.45) is 0 Å². The zero-order valence-electron chi connectivity index (χ0n) is 14.0. The number of hydrogen-bond acceptors (Lipinski definition) is 3. The topological polar surface area (TPSA) is 50.4 Å². The lowest BCUT2D eigenvalue weighted by Gasteiger charge is -2.11. The van der Waals surface area contributed by atoms with E-state index in [0.717, 1.165) is 17.1 Å². The lowest BCUT2D eigenvalue weighted by Crippen LogP contribution is -2.38. The Morgan fingerprint density at radius 3 is 2.23 bits per heavy atom. The fraction of sp³-hybridized carbons (Fsp3) is 0.0476. The Bertz CT molecular complexity index is 883. The zero-order chi connectivity index (χ0) is 18.2. The Labute approximate surface area is 157 Å². The van der Waals surface area contributed by atoms with E-state index >= 15 is 0 Å². The molecule has 3 rings (SSSR count). The zero-order valence-corrected chi connectivity index (χ0v) is 14.8. The fourth-order valence-electron chi connectivity index (χ4n) is 2.33. The van der Waals surface area contributed by atoms with E-state index in [9.17, 15) is 4.79 Å². The van der Waals surface area contributed by atoms with Crippen LogP contribution in [0.15, 0.2) is 84.9 Å². The maximum atomic E-state index is 12.1. The minimum absolute atomic E-state index is 0.232. The smallest absolute Gasteiger partial charge is 0.257 e. The van der Waals surface area contributed by atoms with E-state index in [2.05, 4.69) is 10.6 Å². The fourth-order valence-corrected chi connectivity index (χ4v) is 2.50. The lowest BCUT2D eigenvalue weighted by atomic mass is 10.2. The molecule has 0 unspecified atom stereocenters. The van der Waals surface area contributed by atoms with Gasteiger partial charge in [0, 0.05) is 12.1 Å². The van der Waals surface area contributed by atoms with E-state index in [1.54, 1.807) is 12.1 Å². The third kappa shape index (κ3) is 5.16. The van der Waals surface area contributed by atoms with Crippen LogP contribution in [-0.4, -0.2) is 11.0 Å². The Balaban J connectivity index is 1.53. The monoisotopic (exact) mass is 362 g/mol. The molecule has 3 aromatic rings. The van der Waals surface area contributed by atoms with Crippen LogP contribution < -0.4 is 15.4 Å². The normalized spacial score (nSPS) is 10.0. The number of amides is 1. The third-order valence-electron chi connectivity index (χ3n) is 3.59. The number of rotatable bonds is 5. The molecule has 0 radical (unpaired) electrons. The van der Waals surface area contributed by atoms with Gasteiger partial charge >= 0.3 is 0 Å². The Kier molecular flexibility index (Phi) is 5.96. The molecule has 5 heteroatoms. The van der Waals surface area contributed by atoms with Crippen molar-refractivity contribution in [3.8, 4) is 11.5 Å². The molecule has 0 bridgehead atoms. The van der Waals surface area contributed by atoms with Crippen LogP contribution >= 0.6 is 12.2 Å². The van der Waals surface area contributed by atoms with Crippen molar-refractivity contribution in [3.63, 3.8) is 0 Å². The van der Waals surface area contributed by atoms with Gasteiger partial charge in [0.15, 0.2) is 5.11 Å². The highest BCUT2D eigenvalue weighted by molar-refractivity contribution is 7.80. The van der Waals surface area contributed by atoms with E-state index in [0.29, 0.717) is 12.1 Å². The molecule has 2 N–H and O–H groups in total. The summed E-state index contributed by atoms with van der Waals surface area (Å²) in [5.74, 6) is 1.29. The molecule has 0 aliphatic carbocycles. The molecule has 3 aromatic carbocycles. The molecule has 26 heavy (non-hydrogen) atoms.